The molecule has 0 fully saturated rings. The first-order chi connectivity index (χ1) is 8.65. The summed E-state index contributed by atoms with van der Waals surface area (Å²) in [4.78, 5) is 5.37. The first kappa shape index (κ1) is 13.4. The average Bonchev–Trinajstić information content (AvgIpc) is 2.38. The van der Waals surface area contributed by atoms with E-state index in [9.17, 15) is 0 Å². The summed E-state index contributed by atoms with van der Waals surface area (Å²) < 4.78 is 0. The lowest BCUT2D eigenvalue weighted by Crippen LogP contribution is -1.86. The van der Waals surface area contributed by atoms with Crippen LogP contribution in [0.15, 0.2) is 47.5 Å². The lowest BCUT2D eigenvalue weighted by atomic mass is 10.0. The van der Waals surface area contributed by atoms with Crippen LogP contribution in [0.3, 0.4) is 0 Å². The van der Waals surface area contributed by atoms with Gasteiger partial charge in [-0.05, 0) is 35.2 Å². The second-order valence-corrected chi connectivity index (χ2v) is 5.94. The van der Waals surface area contributed by atoms with Crippen LogP contribution >= 0.6 is 23.4 Å². The van der Waals surface area contributed by atoms with Crippen molar-refractivity contribution in [3.63, 3.8) is 0 Å². The van der Waals surface area contributed by atoms with Crippen molar-refractivity contribution >= 4 is 23.4 Å². The van der Waals surface area contributed by atoms with Crippen molar-refractivity contribution in [3.05, 3.63) is 58.9 Å². The van der Waals surface area contributed by atoms with Gasteiger partial charge in [-0.3, -0.25) is 0 Å². The quantitative estimate of drug-likeness (QED) is 0.566. The van der Waals surface area contributed by atoms with Crippen LogP contribution in [0.4, 0.5) is 0 Å². The summed E-state index contributed by atoms with van der Waals surface area (Å²) in [6, 6.07) is 12.6. The standard InChI is InChI=1S/C15H16ClNS/c1-11(2)13-4-6-14(7-5-13)18-10-12-3-8-15(16)17-9-12/h3-9,11H,10H2,1-2H3. The van der Waals surface area contributed by atoms with Crippen molar-refractivity contribution in [1.29, 1.82) is 0 Å². The second-order valence-electron chi connectivity index (χ2n) is 4.50. The zero-order valence-corrected chi connectivity index (χ0v) is 12.1. The zero-order valence-electron chi connectivity index (χ0n) is 10.6. The third kappa shape index (κ3) is 3.76. The van der Waals surface area contributed by atoms with Crippen LogP contribution in [-0.4, -0.2) is 4.98 Å². The number of hydrogen-bond donors (Lipinski definition) is 0. The van der Waals surface area contributed by atoms with E-state index in [1.54, 1.807) is 0 Å². The first-order valence-electron chi connectivity index (χ1n) is 5.98. The Balaban J connectivity index is 1.95. The highest BCUT2D eigenvalue weighted by molar-refractivity contribution is 7.98. The molecular formula is C15H16ClNS. The van der Waals surface area contributed by atoms with E-state index in [1.807, 2.05) is 30.1 Å². The Hall–Kier alpha value is -0.990. The summed E-state index contributed by atoms with van der Waals surface area (Å²) in [6.07, 6.45) is 1.83. The number of rotatable bonds is 4. The maximum absolute atomic E-state index is 5.76. The molecule has 18 heavy (non-hydrogen) atoms. The molecule has 0 aliphatic carbocycles. The van der Waals surface area contributed by atoms with Crippen LogP contribution in [-0.2, 0) is 5.75 Å². The fourth-order valence-electron chi connectivity index (χ4n) is 1.61. The predicted molar refractivity (Wildman–Crippen MR) is 79.3 cm³/mol. The molecule has 2 rings (SSSR count). The smallest absolute Gasteiger partial charge is 0.129 e. The number of hydrogen-bond acceptors (Lipinski definition) is 2. The van der Waals surface area contributed by atoms with Crippen LogP contribution in [0.5, 0.6) is 0 Å². The molecule has 94 valence electrons. The van der Waals surface area contributed by atoms with E-state index < -0.39 is 0 Å². The van der Waals surface area contributed by atoms with Crippen LogP contribution in [0.25, 0.3) is 0 Å². The lowest BCUT2D eigenvalue weighted by molar-refractivity contribution is 0.865. The summed E-state index contributed by atoms with van der Waals surface area (Å²) in [5, 5.41) is 0.546. The molecule has 0 saturated carbocycles. The zero-order chi connectivity index (χ0) is 13.0. The van der Waals surface area contributed by atoms with Gasteiger partial charge in [-0.15, -0.1) is 11.8 Å². The van der Waals surface area contributed by atoms with Gasteiger partial charge in [0.2, 0.25) is 0 Å². The monoisotopic (exact) mass is 277 g/mol. The van der Waals surface area contributed by atoms with Crippen molar-refractivity contribution in [2.45, 2.75) is 30.4 Å². The Bertz CT molecular complexity index is 491. The third-order valence-electron chi connectivity index (χ3n) is 2.74. The van der Waals surface area contributed by atoms with Crippen molar-refractivity contribution in [1.82, 2.24) is 4.98 Å². The van der Waals surface area contributed by atoms with E-state index in [0.717, 1.165) is 5.75 Å². The SMILES string of the molecule is CC(C)c1ccc(SCc2ccc(Cl)nc2)cc1. The minimum atomic E-state index is 0.546. The molecule has 0 bridgehead atoms. The molecule has 1 heterocycles. The van der Waals surface area contributed by atoms with Crippen LogP contribution in [0.2, 0.25) is 5.15 Å². The highest BCUT2D eigenvalue weighted by Crippen LogP contribution is 2.25. The molecule has 3 heteroatoms. The van der Waals surface area contributed by atoms with Crippen LogP contribution in [0, 0.1) is 0 Å². The molecule has 0 atom stereocenters. The van der Waals surface area contributed by atoms with E-state index >= 15 is 0 Å². The summed E-state index contributed by atoms with van der Waals surface area (Å²) in [7, 11) is 0. The average molecular weight is 278 g/mol. The number of pyridine rings is 1. The highest BCUT2D eigenvalue weighted by Gasteiger charge is 2.00. The van der Waals surface area contributed by atoms with Crippen molar-refractivity contribution in [3.8, 4) is 0 Å². The minimum Gasteiger partial charge on any atom is -0.244 e. The van der Waals surface area contributed by atoms with Crippen molar-refractivity contribution in [2.75, 3.05) is 0 Å². The molecule has 0 N–H and O–H groups in total. The molecule has 1 aromatic carbocycles. The second kappa shape index (κ2) is 6.26. The Morgan fingerprint density at radius 3 is 2.39 bits per heavy atom. The summed E-state index contributed by atoms with van der Waals surface area (Å²) in [5.41, 5.74) is 2.57. The Kier molecular flexibility index (Phi) is 4.67. The van der Waals surface area contributed by atoms with Gasteiger partial charge in [0.15, 0.2) is 0 Å². The topological polar surface area (TPSA) is 12.9 Å². The fourth-order valence-corrected chi connectivity index (χ4v) is 2.55. The summed E-state index contributed by atoms with van der Waals surface area (Å²) in [5.74, 6) is 1.51. The predicted octanol–water partition coefficient (Wildman–Crippen LogP) is 5.15. The molecule has 0 saturated heterocycles. The van der Waals surface area contributed by atoms with E-state index in [1.165, 1.54) is 16.0 Å². The third-order valence-corrected chi connectivity index (χ3v) is 4.05. The maximum atomic E-state index is 5.76. The van der Waals surface area contributed by atoms with Crippen LogP contribution < -0.4 is 0 Å². The van der Waals surface area contributed by atoms with Gasteiger partial charge < -0.3 is 0 Å². The summed E-state index contributed by atoms with van der Waals surface area (Å²) in [6.45, 7) is 4.42. The number of aromatic nitrogens is 1. The van der Waals surface area contributed by atoms with E-state index in [0.29, 0.717) is 11.1 Å². The number of halogens is 1. The minimum absolute atomic E-state index is 0.546. The van der Waals surface area contributed by atoms with Gasteiger partial charge in [0.1, 0.15) is 5.15 Å². The van der Waals surface area contributed by atoms with E-state index in [-0.39, 0.29) is 0 Å². The molecular weight excluding hydrogens is 262 g/mol. The molecule has 1 nitrogen and oxygen atoms in total. The van der Waals surface area contributed by atoms with Gasteiger partial charge in [0.25, 0.3) is 0 Å². The van der Waals surface area contributed by atoms with E-state index in [2.05, 4.69) is 43.1 Å². The van der Waals surface area contributed by atoms with Crippen molar-refractivity contribution < 1.29 is 0 Å². The van der Waals surface area contributed by atoms with Crippen LogP contribution in [0.1, 0.15) is 30.9 Å². The summed E-state index contributed by atoms with van der Waals surface area (Å²) >= 11 is 7.57. The first-order valence-corrected chi connectivity index (χ1v) is 7.34. The fraction of sp³-hybridized carbons (Fsp3) is 0.267. The van der Waals surface area contributed by atoms with Gasteiger partial charge >= 0.3 is 0 Å². The van der Waals surface area contributed by atoms with Gasteiger partial charge in [-0.1, -0.05) is 43.6 Å². The van der Waals surface area contributed by atoms with E-state index in [4.69, 9.17) is 11.6 Å². The highest BCUT2D eigenvalue weighted by atomic mass is 35.5. The Morgan fingerprint density at radius 2 is 1.83 bits per heavy atom. The van der Waals surface area contributed by atoms with Gasteiger partial charge in [0, 0.05) is 16.8 Å². The molecule has 0 aliphatic heterocycles. The molecule has 0 amide bonds. The largest absolute Gasteiger partial charge is 0.244 e. The maximum Gasteiger partial charge on any atom is 0.129 e. The molecule has 0 radical (unpaired) electrons. The molecule has 0 spiro atoms. The number of benzene rings is 1. The molecule has 0 unspecified atom stereocenters. The molecule has 1 aromatic heterocycles. The lowest BCUT2D eigenvalue weighted by Gasteiger charge is -2.06. The molecule has 0 aliphatic rings. The number of thioether (sulfide) groups is 1. The molecule has 2 aromatic rings. The number of nitrogens with zero attached hydrogens (tertiary/aromatic N) is 1. The Morgan fingerprint density at radius 1 is 1.11 bits per heavy atom. The van der Waals surface area contributed by atoms with Crippen molar-refractivity contribution in [2.24, 2.45) is 0 Å². The van der Waals surface area contributed by atoms with Gasteiger partial charge in [-0.2, -0.15) is 0 Å². The van der Waals surface area contributed by atoms with Gasteiger partial charge in [-0.25, -0.2) is 4.98 Å². The Labute approximate surface area is 118 Å². The normalized spacial score (nSPS) is 10.9. The van der Waals surface area contributed by atoms with Gasteiger partial charge in [0.05, 0.1) is 0 Å².